The number of rotatable bonds is 3. The summed E-state index contributed by atoms with van der Waals surface area (Å²) in [6.07, 6.45) is 0. The standard InChI is InChI=1S/C9H7Br2NO/c10-3-4-13-9-5-8(11)2-1-7(9)6-12/h1-2,5H,3-4H2. The highest BCUT2D eigenvalue weighted by Gasteiger charge is 2.02. The zero-order chi connectivity index (χ0) is 9.68. The van der Waals surface area contributed by atoms with Crippen molar-refractivity contribution in [2.75, 3.05) is 11.9 Å². The molecule has 0 saturated heterocycles. The molecule has 0 fully saturated rings. The lowest BCUT2D eigenvalue weighted by Crippen LogP contribution is -1.99. The second-order valence-electron chi connectivity index (χ2n) is 2.29. The minimum absolute atomic E-state index is 0.559. The van der Waals surface area contributed by atoms with E-state index >= 15 is 0 Å². The molecule has 68 valence electrons. The van der Waals surface area contributed by atoms with Crippen LogP contribution in [0.4, 0.5) is 0 Å². The second-order valence-corrected chi connectivity index (χ2v) is 4.00. The molecule has 1 aromatic carbocycles. The highest BCUT2D eigenvalue weighted by molar-refractivity contribution is 9.10. The number of hydrogen-bond donors (Lipinski definition) is 0. The first-order valence-electron chi connectivity index (χ1n) is 3.66. The van der Waals surface area contributed by atoms with E-state index in [1.54, 1.807) is 12.1 Å². The Bertz CT molecular complexity index is 333. The van der Waals surface area contributed by atoms with Gasteiger partial charge in [0, 0.05) is 9.80 Å². The maximum Gasteiger partial charge on any atom is 0.138 e. The third-order valence-corrected chi connectivity index (χ3v) is 2.22. The van der Waals surface area contributed by atoms with Crippen molar-refractivity contribution in [3.05, 3.63) is 28.2 Å². The molecule has 2 nitrogen and oxygen atoms in total. The molecule has 0 aliphatic carbocycles. The Balaban J connectivity index is 2.89. The number of halogens is 2. The third-order valence-electron chi connectivity index (χ3n) is 1.40. The molecule has 0 N–H and O–H groups in total. The SMILES string of the molecule is N#Cc1ccc(Br)cc1OCCBr. The summed E-state index contributed by atoms with van der Waals surface area (Å²) < 4.78 is 6.27. The van der Waals surface area contributed by atoms with Crippen molar-refractivity contribution < 1.29 is 4.74 Å². The van der Waals surface area contributed by atoms with Crippen molar-refractivity contribution in [2.45, 2.75) is 0 Å². The lowest BCUT2D eigenvalue weighted by Gasteiger charge is -2.05. The van der Waals surface area contributed by atoms with Gasteiger partial charge >= 0.3 is 0 Å². The lowest BCUT2D eigenvalue weighted by atomic mass is 10.2. The molecule has 0 bridgehead atoms. The van der Waals surface area contributed by atoms with Gasteiger partial charge in [-0.15, -0.1) is 0 Å². The molecule has 0 saturated carbocycles. The van der Waals surface area contributed by atoms with Crippen molar-refractivity contribution in [3.63, 3.8) is 0 Å². The van der Waals surface area contributed by atoms with E-state index in [0.29, 0.717) is 17.9 Å². The minimum atomic E-state index is 0.559. The molecule has 1 rings (SSSR count). The summed E-state index contributed by atoms with van der Waals surface area (Å²) in [5.41, 5.74) is 0.559. The fourth-order valence-corrected chi connectivity index (χ4v) is 1.36. The summed E-state index contributed by atoms with van der Waals surface area (Å²) in [7, 11) is 0. The van der Waals surface area contributed by atoms with Gasteiger partial charge < -0.3 is 4.74 Å². The number of alkyl halides is 1. The Kier molecular flexibility index (Phi) is 4.26. The van der Waals surface area contributed by atoms with Crippen molar-refractivity contribution in [2.24, 2.45) is 0 Å². The minimum Gasteiger partial charge on any atom is -0.491 e. The molecule has 13 heavy (non-hydrogen) atoms. The summed E-state index contributed by atoms with van der Waals surface area (Å²) in [4.78, 5) is 0. The number of nitriles is 1. The molecular weight excluding hydrogens is 298 g/mol. The van der Waals surface area contributed by atoms with Gasteiger partial charge in [0.1, 0.15) is 11.8 Å². The summed E-state index contributed by atoms with van der Waals surface area (Å²) >= 11 is 6.57. The first-order chi connectivity index (χ1) is 6.27. The van der Waals surface area contributed by atoms with Crippen LogP contribution in [0.25, 0.3) is 0 Å². The Hall–Kier alpha value is -0.530. The van der Waals surface area contributed by atoms with E-state index in [2.05, 4.69) is 37.9 Å². The average Bonchev–Trinajstić information content (AvgIpc) is 2.15. The van der Waals surface area contributed by atoms with Gasteiger partial charge in [0.25, 0.3) is 0 Å². The highest BCUT2D eigenvalue weighted by Crippen LogP contribution is 2.22. The first kappa shape index (κ1) is 10.6. The van der Waals surface area contributed by atoms with Crippen LogP contribution in [0.5, 0.6) is 5.75 Å². The zero-order valence-electron chi connectivity index (χ0n) is 6.76. The molecule has 1 aromatic rings. The van der Waals surface area contributed by atoms with Gasteiger partial charge in [-0.2, -0.15) is 5.26 Å². The Morgan fingerprint density at radius 1 is 1.46 bits per heavy atom. The predicted octanol–water partition coefficient (Wildman–Crippen LogP) is 3.09. The van der Waals surface area contributed by atoms with Crippen LogP contribution in [-0.2, 0) is 0 Å². The monoisotopic (exact) mass is 303 g/mol. The van der Waals surface area contributed by atoms with Crippen molar-refractivity contribution in [3.8, 4) is 11.8 Å². The lowest BCUT2D eigenvalue weighted by molar-refractivity contribution is 0.344. The van der Waals surface area contributed by atoms with Crippen molar-refractivity contribution in [1.29, 1.82) is 5.26 Å². The molecular formula is C9H7Br2NO. The predicted molar refractivity (Wildman–Crippen MR) is 58.1 cm³/mol. The van der Waals surface area contributed by atoms with E-state index < -0.39 is 0 Å². The topological polar surface area (TPSA) is 33.0 Å². The summed E-state index contributed by atoms with van der Waals surface area (Å²) in [6.45, 7) is 0.561. The Morgan fingerprint density at radius 2 is 2.23 bits per heavy atom. The van der Waals surface area contributed by atoms with Gasteiger partial charge in [0.2, 0.25) is 0 Å². The number of benzene rings is 1. The van der Waals surface area contributed by atoms with Crippen LogP contribution in [-0.4, -0.2) is 11.9 Å². The maximum absolute atomic E-state index is 8.75. The van der Waals surface area contributed by atoms with Gasteiger partial charge in [-0.1, -0.05) is 31.9 Å². The van der Waals surface area contributed by atoms with Gasteiger partial charge in [-0.05, 0) is 18.2 Å². The fraction of sp³-hybridized carbons (Fsp3) is 0.222. The fourth-order valence-electron chi connectivity index (χ4n) is 0.856. The third kappa shape index (κ3) is 3.02. The molecule has 0 amide bonds. The smallest absolute Gasteiger partial charge is 0.138 e. The first-order valence-corrected chi connectivity index (χ1v) is 5.58. The van der Waals surface area contributed by atoms with Crippen molar-refractivity contribution in [1.82, 2.24) is 0 Å². The maximum atomic E-state index is 8.75. The molecule has 0 aliphatic rings. The summed E-state index contributed by atoms with van der Waals surface area (Å²) in [5.74, 6) is 0.622. The second kappa shape index (κ2) is 5.25. The zero-order valence-corrected chi connectivity index (χ0v) is 9.93. The van der Waals surface area contributed by atoms with Gasteiger partial charge in [-0.25, -0.2) is 0 Å². The van der Waals surface area contributed by atoms with Crippen molar-refractivity contribution >= 4 is 31.9 Å². The van der Waals surface area contributed by atoms with Gasteiger partial charge in [-0.3, -0.25) is 0 Å². The summed E-state index contributed by atoms with van der Waals surface area (Å²) in [5, 5.41) is 9.51. The molecule has 0 radical (unpaired) electrons. The molecule has 0 spiro atoms. The van der Waals surface area contributed by atoms with Crippen LogP contribution in [0, 0.1) is 11.3 Å². The highest BCUT2D eigenvalue weighted by atomic mass is 79.9. The molecule has 0 heterocycles. The van der Waals surface area contributed by atoms with Crippen LogP contribution in [0.1, 0.15) is 5.56 Å². The van der Waals surface area contributed by atoms with Crippen LogP contribution in [0.15, 0.2) is 22.7 Å². The quantitative estimate of drug-likeness (QED) is 0.804. The van der Waals surface area contributed by atoms with Crippen LogP contribution < -0.4 is 4.74 Å². The van der Waals surface area contributed by atoms with Gasteiger partial charge in [0.05, 0.1) is 12.2 Å². The van der Waals surface area contributed by atoms with Gasteiger partial charge in [0.15, 0.2) is 0 Å². The molecule has 0 aromatic heterocycles. The largest absolute Gasteiger partial charge is 0.491 e. The number of hydrogen-bond acceptors (Lipinski definition) is 2. The van der Waals surface area contributed by atoms with E-state index in [1.807, 2.05) is 6.07 Å². The van der Waals surface area contributed by atoms with E-state index in [1.165, 1.54) is 0 Å². The average molecular weight is 305 g/mol. The molecule has 0 aliphatic heterocycles. The molecule has 0 unspecified atom stereocenters. The van der Waals surface area contributed by atoms with E-state index in [-0.39, 0.29) is 0 Å². The van der Waals surface area contributed by atoms with E-state index in [4.69, 9.17) is 10.00 Å². The Morgan fingerprint density at radius 3 is 2.85 bits per heavy atom. The van der Waals surface area contributed by atoms with E-state index in [9.17, 15) is 0 Å². The van der Waals surface area contributed by atoms with Crippen LogP contribution in [0.3, 0.4) is 0 Å². The normalized spacial score (nSPS) is 9.31. The Labute approximate surface area is 93.8 Å². The van der Waals surface area contributed by atoms with E-state index in [0.717, 1.165) is 9.80 Å². The van der Waals surface area contributed by atoms with Crippen LogP contribution in [0.2, 0.25) is 0 Å². The molecule has 4 heteroatoms. The summed E-state index contributed by atoms with van der Waals surface area (Å²) in [6, 6.07) is 7.41. The number of nitrogens with zero attached hydrogens (tertiary/aromatic N) is 1. The van der Waals surface area contributed by atoms with Crippen LogP contribution >= 0.6 is 31.9 Å². The molecule has 0 atom stereocenters. The number of ether oxygens (including phenoxy) is 1.